The summed E-state index contributed by atoms with van der Waals surface area (Å²) in [4.78, 5) is 40.4. The van der Waals surface area contributed by atoms with Crippen LogP contribution in [-0.2, 0) is 10.2 Å². The van der Waals surface area contributed by atoms with Crippen molar-refractivity contribution in [2.24, 2.45) is 0 Å². The van der Waals surface area contributed by atoms with E-state index in [1.807, 2.05) is 47.6 Å². The van der Waals surface area contributed by atoms with Gasteiger partial charge in [-0.25, -0.2) is 18.7 Å². The number of benzene rings is 2. The first-order valence-corrected chi connectivity index (χ1v) is 16.9. The van der Waals surface area contributed by atoms with E-state index in [1.165, 1.54) is 12.1 Å². The summed E-state index contributed by atoms with van der Waals surface area (Å²) in [5, 5.41) is 5.83. The molecule has 48 heavy (non-hydrogen) atoms. The van der Waals surface area contributed by atoms with Crippen molar-refractivity contribution in [3.63, 3.8) is 0 Å². The highest BCUT2D eigenvalue weighted by Crippen LogP contribution is 2.48. The van der Waals surface area contributed by atoms with Crippen molar-refractivity contribution >= 4 is 40.0 Å². The van der Waals surface area contributed by atoms with E-state index in [1.54, 1.807) is 20.3 Å². The number of nitrogens with one attached hydrogen (secondary N) is 2. The van der Waals surface area contributed by atoms with Crippen molar-refractivity contribution in [3.8, 4) is 11.3 Å². The van der Waals surface area contributed by atoms with Crippen LogP contribution in [0, 0.1) is 12.7 Å². The lowest BCUT2D eigenvalue weighted by Crippen LogP contribution is -2.55. The van der Waals surface area contributed by atoms with Gasteiger partial charge in [0, 0.05) is 55.1 Å². The molecule has 2 atom stereocenters. The van der Waals surface area contributed by atoms with E-state index >= 15 is 4.39 Å². The maximum atomic E-state index is 15.4. The van der Waals surface area contributed by atoms with Crippen molar-refractivity contribution in [2.75, 3.05) is 30.4 Å². The van der Waals surface area contributed by atoms with Gasteiger partial charge in [-0.2, -0.15) is 0 Å². The van der Waals surface area contributed by atoms with Gasteiger partial charge >= 0.3 is 0 Å². The fourth-order valence-electron chi connectivity index (χ4n) is 7.55. The Morgan fingerprint density at radius 1 is 1.15 bits per heavy atom. The van der Waals surface area contributed by atoms with Crippen LogP contribution in [0.3, 0.4) is 0 Å². The molecule has 1 saturated heterocycles. The SMILES string of the molecule is CC[C@H](C)n1cnc2cc(-c3ccc4c(c3)N([C@H]3C[C@@H](N5CC[C@@H](F)C5)C3)C(=O)C4(C)C)nc(Nc3cc(C(=O)NC)c(C)cc3F)c21. The molecule has 0 spiro atoms. The molecule has 2 aliphatic heterocycles. The first-order valence-electron chi connectivity index (χ1n) is 16.9. The molecule has 9 nitrogen and oxygen atoms in total. The average Bonchev–Trinajstić information content (AvgIpc) is 3.72. The topological polar surface area (TPSA) is 95.4 Å². The summed E-state index contributed by atoms with van der Waals surface area (Å²) in [6.45, 7) is 11.1. The molecule has 0 bridgehead atoms. The zero-order valence-electron chi connectivity index (χ0n) is 28.4. The lowest BCUT2D eigenvalue weighted by Gasteiger charge is -2.45. The fourth-order valence-corrected chi connectivity index (χ4v) is 7.55. The van der Waals surface area contributed by atoms with Crippen LogP contribution >= 0.6 is 0 Å². The van der Waals surface area contributed by atoms with Gasteiger partial charge in [0.1, 0.15) is 17.5 Å². The fraction of sp³-hybridized carbons (Fsp3) is 0.459. The maximum Gasteiger partial charge on any atom is 0.251 e. The largest absolute Gasteiger partial charge is 0.355 e. The summed E-state index contributed by atoms with van der Waals surface area (Å²) in [6.07, 6.45) is 4.10. The Kier molecular flexibility index (Phi) is 8.01. The molecule has 2 aromatic heterocycles. The molecule has 4 aromatic rings. The van der Waals surface area contributed by atoms with Gasteiger partial charge in [-0.15, -0.1) is 0 Å². The van der Waals surface area contributed by atoms with Crippen LogP contribution in [0.1, 0.15) is 80.9 Å². The molecule has 2 N–H and O–H groups in total. The molecule has 1 aliphatic carbocycles. The minimum absolute atomic E-state index is 0.0508. The molecule has 3 aliphatic rings. The number of aromatic nitrogens is 3. The number of fused-ring (bicyclic) bond motifs is 2. The van der Waals surface area contributed by atoms with Crippen molar-refractivity contribution in [1.82, 2.24) is 24.8 Å². The quantitative estimate of drug-likeness (QED) is 0.216. The number of likely N-dealkylation sites (tertiary alicyclic amines) is 1. The number of carbonyl (C=O) groups excluding carboxylic acids is 2. The van der Waals surface area contributed by atoms with Gasteiger partial charge in [-0.1, -0.05) is 19.1 Å². The zero-order chi connectivity index (χ0) is 34.1. The number of hydrogen-bond donors (Lipinski definition) is 2. The summed E-state index contributed by atoms with van der Waals surface area (Å²) in [7, 11) is 1.54. The van der Waals surface area contributed by atoms with Crippen molar-refractivity contribution in [2.45, 2.75) is 90.0 Å². The van der Waals surface area contributed by atoms with E-state index < -0.39 is 17.4 Å². The summed E-state index contributed by atoms with van der Waals surface area (Å²) in [5.41, 5.74) is 5.02. The van der Waals surface area contributed by atoms with Crippen LogP contribution in [0.15, 0.2) is 42.7 Å². The monoisotopic (exact) mass is 655 g/mol. The molecule has 11 heteroatoms. The average molecular weight is 656 g/mol. The predicted molar refractivity (Wildman–Crippen MR) is 184 cm³/mol. The molecule has 252 valence electrons. The Hall–Kier alpha value is -4.38. The highest BCUT2D eigenvalue weighted by atomic mass is 19.1. The van der Waals surface area contributed by atoms with Crippen molar-refractivity contribution < 1.29 is 18.4 Å². The van der Waals surface area contributed by atoms with E-state index in [0.29, 0.717) is 47.2 Å². The van der Waals surface area contributed by atoms with Crippen molar-refractivity contribution in [1.29, 1.82) is 0 Å². The van der Waals surface area contributed by atoms with E-state index in [0.717, 1.165) is 48.1 Å². The molecule has 1 saturated carbocycles. The second-order valence-corrected chi connectivity index (χ2v) is 14.2. The van der Waals surface area contributed by atoms with Crippen LogP contribution in [-0.4, -0.2) is 69.6 Å². The van der Waals surface area contributed by atoms with Crippen molar-refractivity contribution in [3.05, 3.63) is 65.2 Å². The maximum absolute atomic E-state index is 15.4. The Morgan fingerprint density at radius 3 is 2.60 bits per heavy atom. The third kappa shape index (κ3) is 5.23. The van der Waals surface area contributed by atoms with Gasteiger partial charge in [-0.05, 0) is 88.8 Å². The van der Waals surface area contributed by atoms with E-state index in [4.69, 9.17) is 9.97 Å². The number of imidazole rings is 1. The molecule has 7 rings (SSSR count). The van der Waals surface area contributed by atoms with Crippen LogP contribution < -0.4 is 15.5 Å². The number of hydrogen-bond acceptors (Lipinski definition) is 6. The highest BCUT2D eigenvalue weighted by molar-refractivity contribution is 6.09. The minimum atomic E-state index is -0.763. The third-order valence-corrected chi connectivity index (χ3v) is 10.8. The van der Waals surface area contributed by atoms with E-state index in [9.17, 15) is 14.0 Å². The first kappa shape index (κ1) is 32.2. The number of amides is 2. The van der Waals surface area contributed by atoms with Crippen LogP contribution in [0.2, 0.25) is 0 Å². The normalized spacial score (nSPS) is 22.5. The van der Waals surface area contributed by atoms with Crippen LogP contribution in [0.4, 0.5) is 26.0 Å². The first-order chi connectivity index (χ1) is 22.9. The van der Waals surface area contributed by atoms with E-state index in [-0.39, 0.29) is 29.6 Å². The second-order valence-electron chi connectivity index (χ2n) is 14.2. The van der Waals surface area contributed by atoms with Gasteiger partial charge in [-0.3, -0.25) is 14.5 Å². The number of aryl methyl sites for hydroxylation is 1. The Morgan fingerprint density at radius 2 is 1.92 bits per heavy atom. The minimum Gasteiger partial charge on any atom is -0.355 e. The Bertz CT molecular complexity index is 1930. The number of nitrogens with zero attached hydrogens (tertiary/aromatic N) is 5. The lowest BCUT2D eigenvalue weighted by molar-refractivity contribution is -0.123. The summed E-state index contributed by atoms with van der Waals surface area (Å²) >= 11 is 0. The third-order valence-electron chi connectivity index (χ3n) is 10.8. The number of anilines is 3. The van der Waals surface area contributed by atoms with Gasteiger partial charge in [0.25, 0.3) is 5.91 Å². The molecule has 4 heterocycles. The van der Waals surface area contributed by atoms with Crippen LogP contribution in [0.25, 0.3) is 22.3 Å². The molecule has 0 unspecified atom stereocenters. The number of pyridine rings is 1. The number of carbonyl (C=O) groups is 2. The lowest BCUT2D eigenvalue weighted by atomic mass is 9.83. The number of alkyl halides is 1. The summed E-state index contributed by atoms with van der Waals surface area (Å²) in [5.74, 6) is -0.322. The zero-order valence-corrected chi connectivity index (χ0v) is 28.4. The number of rotatable bonds is 8. The molecule has 2 aromatic carbocycles. The highest BCUT2D eigenvalue weighted by Gasteiger charge is 2.50. The smallest absolute Gasteiger partial charge is 0.251 e. The summed E-state index contributed by atoms with van der Waals surface area (Å²) in [6, 6.07) is 11.3. The second kappa shape index (κ2) is 11.9. The van der Waals surface area contributed by atoms with E-state index in [2.05, 4.69) is 29.4 Å². The van der Waals surface area contributed by atoms with Gasteiger partial charge in [0.2, 0.25) is 5.91 Å². The van der Waals surface area contributed by atoms with Gasteiger partial charge in [0.05, 0.1) is 28.6 Å². The van der Waals surface area contributed by atoms with Gasteiger partial charge < -0.3 is 20.1 Å². The molecular weight excluding hydrogens is 612 g/mol. The van der Waals surface area contributed by atoms with Crippen LogP contribution in [0.5, 0.6) is 0 Å². The van der Waals surface area contributed by atoms with Gasteiger partial charge in [0.15, 0.2) is 5.82 Å². The molecule has 2 amide bonds. The Labute approximate surface area is 279 Å². The standard InChI is InChI=1S/C37H43F2N7O2/c1-7-21(3)45-19-41-31-17-29(42-34(33(31)45)43-30-16-26(35(47)40-6)20(2)12-28(30)39)22-8-9-27-32(13-22)46(36(48)37(27,4)5)25-14-24(15-25)44-11-10-23(38)18-44/h8-9,12-13,16-17,19,21,23-25H,7,10-11,14-15,18H2,1-6H3,(H,40,47)(H,42,43)/t21-,23+,24-,25+/m0/s1. The molecule has 2 fully saturated rings. The number of halogens is 2. The summed E-state index contributed by atoms with van der Waals surface area (Å²) < 4.78 is 31.4. The molecule has 0 radical (unpaired) electrons. The molecular formula is C37H43F2N7O2. The predicted octanol–water partition coefficient (Wildman–Crippen LogP) is 6.82. The Balaban J connectivity index is 1.29.